The van der Waals surface area contributed by atoms with E-state index in [0.29, 0.717) is 24.0 Å². The predicted octanol–water partition coefficient (Wildman–Crippen LogP) is 1.68. The standard InChI is InChI=1S/C12H19BrN4O/c1-7(2)5-17(6-10(15)18)12-11(13)8(3)9(14)4-16-12/h4,7H,5-6,14H2,1-3H3,(H2,15,18). The number of pyridine rings is 1. The van der Waals surface area contributed by atoms with Gasteiger partial charge in [0.15, 0.2) is 0 Å². The van der Waals surface area contributed by atoms with Crippen molar-refractivity contribution in [1.29, 1.82) is 0 Å². The largest absolute Gasteiger partial charge is 0.397 e. The third kappa shape index (κ3) is 3.60. The molecular weight excluding hydrogens is 296 g/mol. The van der Waals surface area contributed by atoms with E-state index in [9.17, 15) is 4.79 Å². The van der Waals surface area contributed by atoms with Crippen LogP contribution < -0.4 is 16.4 Å². The second-order valence-electron chi connectivity index (χ2n) is 4.72. The van der Waals surface area contributed by atoms with Gasteiger partial charge in [0.25, 0.3) is 0 Å². The van der Waals surface area contributed by atoms with Crippen LogP contribution in [0.1, 0.15) is 19.4 Å². The number of amides is 1. The summed E-state index contributed by atoms with van der Waals surface area (Å²) in [5.41, 5.74) is 12.6. The Morgan fingerprint density at radius 3 is 2.67 bits per heavy atom. The zero-order valence-corrected chi connectivity index (χ0v) is 12.5. The molecule has 0 radical (unpaired) electrons. The number of anilines is 2. The molecule has 0 aliphatic carbocycles. The van der Waals surface area contributed by atoms with E-state index in [2.05, 4.69) is 34.8 Å². The van der Waals surface area contributed by atoms with Crippen LogP contribution in [-0.2, 0) is 4.79 Å². The summed E-state index contributed by atoms with van der Waals surface area (Å²) in [6, 6.07) is 0. The van der Waals surface area contributed by atoms with Crippen LogP contribution in [0.4, 0.5) is 11.5 Å². The van der Waals surface area contributed by atoms with E-state index in [4.69, 9.17) is 11.5 Å². The molecule has 5 nitrogen and oxygen atoms in total. The predicted molar refractivity (Wildman–Crippen MR) is 77.3 cm³/mol. The highest BCUT2D eigenvalue weighted by Gasteiger charge is 2.17. The Kier molecular flexibility index (Phi) is 4.95. The molecule has 0 fully saturated rings. The van der Waals surface area contributed by atoms with Gasteiger partial charge in [-0.1, -0.05) is 13.8 Å². The average Bonchev–Trinajstić information content (AvgIpc) is 2.24. The van der Waals surface area contributed by atoms with Gasteiger partial charge in [-0.25, -0.2) is 4.98 Å². The van der Waals surface area contributed by atoms with Crippen molar-refractivity contribution >= 4 is 33.3 Å². The number of primary amides is 1. The van der Waals surface area contributed by atoms with Crippen molar-refractivity contribution < 1.29 is 4.79 Å². The summed E-state index contributed by atoms with van der Waals surface area (Å²) in [4.78, 5) is 17.3. The number of nitrogen functional groups attached to an aromatic ring is 1. The van der Waals surface area contributed by atoms with Crippen molar-refractivity contribution in [2.24, 2.45) is 11.7 Å². The van der Waals surface area contributed by atoms with E-state index < -0.39 is 0 Å². The lowest BCUT2D eigenvalue weighted by atomic mass is 10.2. The molecule has 1 amide bonds. The van der Waals surface area contributed by atoms with Gasteiger partial charge < -0.3 is 16.4 Å². The minimum atomic E-state index is -0.376. The lowest BCUT2D eigenvalue weighted by Gasteiger charge is -2.26. The molecule has 1 heterocycles. The Labute approximate surface area is 116 Å². The van der Waals surface area contributed by atoms with Gasteiger partial charge in [-0.15, -0.1) is 0 Å². The Morgan fingerprint density at radius 1 is 1.56 bits per heavy atom. The number of nitrogens with two attached hydrogens (primary N) is 2. The van der Waals surface area contributed by atoms with Gasteiger partial charge in [0.05, 0.1) is 22.9 Å². The van der Waals surface area contributed by atoms with Crippen LogP contribution in [0, 0.1) is 12.8 Å². The summed E-state index contributed by atoms with van der Waals surface area (Å²) >= 11 is 3.48. The topological polar surface area (TPSA) is 85.2 Å². The van der Waals surface area contributed by atoms with Gasteiger partial charge in [0.2, 0.25) is 5.91 Å². The lowest BCUT2D eigenvalue weighted by molar-refractivity contribution is -0.116. The first-order chi connectivity index (χ1) is 8.32. The quantitative estimate of drug-likeness (QED) is 0.866. The molecule has 0 aliphatic rings. The first-order valence-corrected chi connectivity index (χ1v) is 6.56. The summed E-state index contributed by atoms with van der Waals surface area (Å²) < 4.78 is 0.810. The second kappa shape index (κ2) is 6.04. The molecule has 0 aromatic carbocycles. The van der Waals surface area contributed by atoms with Crippen LogP contribution in [0.25, 0.3) is 0 Å². The molecule has 0 spiro atoms. The molecule has 18 heavy (non-hydrogen) atoms. The third-order valence-electron chi connectivity index (χ3n) is 2.52. The molecule has 0 bridgehead atoms. The second-order valence-corrected chi connectivity index (χ2v) is 5.51. The molecule has 1 aromatic rings. The first kappa shape index (κ1) is 14.8. The van der Waals surface area contributed by atoms with Crippen molar-refractivity contribution in [3.8, 4) is 0 Å². The Bertz CT molecular complexity index is 448. The smallest absolute Gasteiger partial charge is 0.236 e. The van der Waals surface area contributed by atoms with Crippen molar-refractivity contribution in [3.63, 3.8) is 0 Å². The fraction of sp³-hybridized carbons (Fsp3) is 0.500. The molecule has 0 saturated heterocycles. The van der Waals surface area contributed by atoms with Crippen molar-refractivity contribution in [3.05, 3.63) is 16.2 Å². The summed E-state index contributed by atoms with van der Waals surface area (Å²) in [5.74, 6) is 0.726. The van der Waals surface area contributed by atoms with Crippen LogP contribution in [0.3, 0.4) is 0 Å². The Hall–Kier alpha value is -1.30. The number of aromatic nitrogens is 1. The molecule has 0 unspecified atom stereocenters. The van der Waals surface area contributed by atoms with Gasteiger partial charge in [-0.3, -0.25) is 4.79 Å². The monoisotopic (exact) mass is 314 g/mol. The molecule has 4 N–H and O–H groups in total. The van der Waals surface area contributed by atoms with Gasteiger partial charge in [-0.2, -0.15) is 0 Å². The van der Waals surface area contributed by atoms with E-state index in [1.165, 1.54) is 0 Å². The fourth-order valence-electron chi connectivity index (χ4n) is 1.65. The zero-order chi connectivity index (χ0) is 13.9. The minimum Gasteiger partial charge on any atom is -0.397 e. The van der Waals surface area contributed by atoms with Gasteiger partial charge in [0, 0.05) is 6.54 Å². The molecule has 1 rings (SSSR count). The van der Waals surface area contributed by atoms with E-state index in [-0.39, 0.29) is 12.5 Å². The highest BCUT2D eigenvalue weighted by Crippen LogP contribution is 2.30. The molecule has 100 valence electrons. The van der Waals surface area contributed by atoms with E-state index in [1.54, 1.807) is 6.20 Å². The van der Waals surface area contributed by atoms with Crippen molar-refractivity contribution in [1.82, 2.24) is 4.98 Å². The number of carbonyl (C=O) groups excluding carboxylic acids is 1. The number of rotatable bonds is 5. The summed E-state index contributed by atoms with van der Waals surface area (Å²) in [6.45, 7) is 6.91. The Morgan fingerprint density at radius 2 is 2.17 bits per heavy atom. The number of halogens is 1. The van der Waals surface area contributed by atoms with Crippen molar-refractivity contribution in [2.45, 2.75) is 20.8 Å². The first-order valence-electron chi connectivity index (χ1n) is 5.76. The molecule has 0 aliphatic heterocycles. The maximum atomic E-state index is 11.1. The molecular formula is C12H19BrN4O. The maximum Gasteiger partial charge on any atom is 0.236 e. The summed E-state index contributed by atoms with van der Waals surface area (Å²) in [5, 5.41) is 0. The van der Waals surface area contributed by atoms with Crippen LogP contribution in [0.15, 0.2) is 10.7 Å². The van der Waals surface area contributed by atoms with Gasteiger partial charge >= 0.3 is 0 Å². The van der Waals surface area contributed by atoms with E-state index in [1.807, 2.05) is 11.8 Å². The van der Waals surface area contributed by atoms with E-state index in [0.717, 1.165) is 10.0 Å². The zero-order valence-electron chi connectivity index (χ0n) is 10.9. The van der Waals surface area contributed by atoms with Gasteiger partial charge in [0.1, 0.15) is 5.82 Å². The summed E-state index contributed by atoms with van der Waals surface area (Å²) in [7, 11) is 0. The average molecular weight is 315 g/mol. The Balaban J connectivity index is 3.12. The van der Waals surface area contributed by atoms with Crippen molar-refractivity contribution in [2.75, 3.05) is 23.7 Å². The highest BCUT2D eigenvalue weighted by molar-refractivity contribution is 9.10. The lowest BCUT2D eigenvalue weighted by Crippen LogP contribution is -2.37. The fourth-order valence-corrected chi connectivity index (χ4v) is 2.24. The normalized spacial score (nSPS) is 10.7. The highest BCUT2D eigenvalue weighted by atomic mass is 79.9. The number of hydrogen-bond donors (Lipinski definition) is 2. The van der Waals surface area contributed by atoms with Gasteiger partial charge in [-0.05, 0) is 34.3 Å². The summed E-state index contributed by atoms with van der Waals surface area (Å²) in [6.07, 6.45) is 1.60. The van der Waals surface area contributed by atoms with Crippen LogP contribution >= 0.6 is 15.9 Å². The number of carbonyl (C=O) groups is 1. The number of nitrogens with zero attached hydrogens (tertiary/aromatic N) is 2. The maximum absolute atomic E-state index is 11.1. The molecule has 0 saturated carbocycles. The third-order valence-corrected chi connectivity index (χ3v) is 3.47. The SMILES string of the molecule is Cc1c(N)cnc(N(CC(N)=O)CC(C)C)c1Br. The minimum absolute atomic E-state index is 0.146. The van der Waals surface area contributed by atoms with Crippen LogP contribution in [0.5, 0.6) is 0 Å². The molecule has 6 heteroatoms. The molecule has 0 atom stereocenters. The van der Waals surface area contributed by atoms with Crippen LogP contribution in [0.2, 0.25) is 0 Å². The molecule has 1 aromatic heterocycles. The number of hydrogen-bond acceptors (Lipinski definition) is 4. The van der Waals surface area contributed by atoms with E-state index >= 15 is 0 Å². The van der Waals surface area contributed by atoms with Crippen LogP contribution in [-0.4, -0.2) is 24.0 Å².